The van der Waals surface area contributed by atoms with E-state index in [1.54, 1.807) is 25.5 Å². The van der Waals surface area contributed by atoms with Gasteiger partial charge in [0.2, 0.25) is 0 Å². The summed E-state index contributed by atoms with van der Waals surface area (Å²) < 4.78 is 17.1. The lowest BCUT2D eigenvalue weighted by Crippen LogP contribution is -2.06. The van der Waals surface area contributed by atoms with E-state index in [1.807, 2.05) is 30.3 Å². The van der Waals surface area contributed by atoms with Crippen molar-refractivity contribution < 1.29 is 19.1 Å². The molecule has 0 spiro atoms. The molecule has 172 valence electrons. The van der Waals surface area contributed by atoms with Gasteiger partial charge in [-0.25, -0.2) is 0 Å². The summed E-state index contributed by atoms with van der Waals surface area (Å²) in [5.41, 5.74) is 6.68. The van der Waals surface area contributed by atoms with Crippen molar-refractivity contribution in [3.63, 3.8) is 0 Å². The third kappa shape index (κ3) is 7.24. The molecule has 8 heteroatoms. The number of methoxy groups -OCH3 is 1. The van der Waals surface area contributed by atoms with E-state index >= 15 is 0 Å². The molecular formula is C25H27N3O5. The summed E-state index contributed by atoms with van der Waals surface area (Å²) in [6.07, 6.45) is 2.36. The van der Waals surface area contributed by atoms with Crippen molar-refractivity contribution >= 4 is 17.6 Å². The Labute approximate surface area is 193 Å². The van der Waals surface area contributed by atoms with Crippen LogP contribution < -0.4 is 19.6 Å². The lowest BCUT2D eigenvalue weighted by Gasteiger charge is -2.12. The van der Waals surface area contributed by atoms with Gasteiger partial charge in [-0.2, -0.15) is 5.10 Å². The molecule has 0 saturated heterocycles. The molecule has 1 N–H and O–H groups in total. The summed E-state index contributed by atoms with van der Waals surface area (Å²) in [5, 5.41) is 14.9. The predicted molar refractivity (Wildman–Crippen MR) is 129 cm³/mol. The number of hydrogen-bond acceptors (Lipinski definition) is 7. The largest absolute Gasteiger partial charge is 0.493 e. The Balaban J connectivity index is 1.48. The first-order chi connectivity index (χ1) is 15.9. The molecule has 0 aliphatic rings. The van der Waals surface area contributed by atoms with E-state index < -0.39 is 4.92 Å². The molecule has 3 aromatic carbocycles. The molecule has 0 fully saturated rings. The van der Waals surface area contributed by atoms with Crippen LogP contribution in [0.2, 0.25) is 0 Å². The Kier molecular flexibility index (Phi) is 8.24. The van der Waals surface area contributed by atoms with Gasteiger partial charge in [0.1, 0.15) is 5.75 Å². The molecule has 0 amide bonds. The Hall–Kier alpha value is -4.07. The number of benzene rings is 3. The first-order valence-corrected chi connectivity index (χ1v) is 10.5. The molecule has 3 rings (SSSR count). The highest BCUT2D eigenvalue weighted by Gasteiger charge is 2.06. The molecule has 0 bridgehead atoms. The second kappa shape index (κ2) is 11.5. The first-order valence-electron chi connectivity index (χ1n) is 10.5. The van der Waals surface area contributed by atoms with E-state index in [-0.39, 0.29) is 5.69 Å². The number of nitrogens with zero attached hydrogens (tertiary/aromatic N) is 2. The zero-order valence-corrected chi connectivity index (χ0v) is 18.9. The van der Waals surface area contributed by atoms with Crippen LogP contribution in [0.5, 0.6) is 17.2 Å². The molecule has 3 aromatic rings. The summed E-state index contributed by atoms with van der Waals surface area (Å²) in [6, 6.07) is 17.7. The molecule has 0 heterocycles. The fourth-order valence-corrected chi connectivity index (χ4v) is 3.17. The minimum Gasteiger partial charge on any atom is -0.493 e. The van der Waals surface area contributed by atoms with Crippen LogP contribution in [0, 0.1) is 24.0 Å². The van der Waals surface area contributed by atoms with Crippen molar-refractivity contribution in [3.8, 4) is 17.2 Å². The van der Waals surface area contributed by atoms with Crippen molar-refractivity contribution in [1.82, 2.24) is 0 Å². The highest BCUT2D eigenvalue weighted by atomic mass is 16.6. The number of hydrazone groups is 1. The van der Waals surface area contributed by atoms with Gasteiger partial charge in [0.25, 0.3) is 5.69 Å². The molecule has 8 nitrogen and oxygen atoms in total. The number of rotatable bonds is 11. The minimum atomic E-state index is -0.444. The van der Waals surface area contributed by atoms with E-state index in [4.69, 9.17) is 14.2 Å². The van der Waals surface area contributed by atoms with Gasteiger partial charge in [-0.05, 0) is 73.0 Å². The van der Waals surface area contributed by atoms with Gasteiger partial charge in [0.15, 0.2) is 11.5 Å². The number of nitro groups is 1. The maximum atomic E-state index is 10.7. The van der Waals surface area contributed by atoms with Crippen LogP contribution in [-0.2, 0) is 0 Å². The quantitative estimate of drug-likeness (QED) is 0.179. The van der Waals surface area contributed by atoms with Crippen LogP contribution in [0.3, 0.4) is 0 Å². The van der Waals surface area contributed by atoms with Crippen LogP contribution in [-0.4, -0.2) is 31.5 Å². The van der Waals surface area contributed by atoms with Gasteiger partial charge in [-0.1, -0.05) is 6.07 Å². The van der Waals surface area contributed by atoms with Crippen molar-refractivity contribution in [2.45, 2.75) is 20.3 Å². The highest BCUT2D eigenvalue weighted by molar-refractivity contribution is 5.81. The van der Waals surface area contributed by atoms with Crippen molar-refractivity contribution in [2.75, 3.05) is 25.7 Å². The summed E-state index contributed by atoms with van der Waals surface area (Å²) in [6.45, 7) is 5.16. The van der Waals surface area contributed by atoms with Gasteiger partial charge in [0, 0.05) is 18.6 Å². The Morgan fingerprint density at radius 2 is 1.64 bits per heavy atom. The molecular weight excluding hydrogens is 422 g/mol. The second-order valence-electron chi connectivity index (χ2n) is 7.46. The van der Waals surface area contributed by atoms with Crippen LogP contribution >= 0.6 is 0 Å². The zero-order chi connectivity index (χ0) is 23.6. The average molecular weight is 450 g/mol. The fraction of sp³-hybridized carbons (Fsp3) is 0.240. The predicted octanol–water partition coefficient (Wildman–Crippen LogP) is 5.51. The van der Waals surface area contributed by atoms with Gasteiger partial charge in [-0.3, -0.25) is 15.5 Å². The van der Waals surface area contributed by atoms with E-state index in [9.17, 15) is 10.1 Å². The van der Waals surface area contributed by atoms with Gasteiger partial charge in [-0.15, -0.1) is 0 Å². The second-order valence-corrected chi connectivity index (χ2v) is 7.46. The fourth-order valence-electron chi connectivity index (χ4n) is 3.17. The van der Waals surface area contributed by atoms with E-state index in [1.165, 1.54) is 23.3 Å². The summed E-state index contributed by atoms with van der Waals surface area (Å²) >= 11 is 0. The van der Waals surface area contributed by atoms with Crippen LogP contribution in [0.25, 0.3) is 0 Å². The van der Waals surface area contributed by atoms with Crippen molar-refractivity contribution in [2.24, 2.45) is 5.10 Å². The number of nitro benzene ring substituents is 1. The number of nitrogens with one attached hydrogen (secondary N) is 1. The molecule has 0 aliphatic carbocycles. The van der Waals surface area contributed by atoms with Gasteiger partial charge < -0.3 is 14.2 Å². The monoisotopic (exact) mass is 449 g/mol. The number of aryl methyl sites for hydroxylation is 2. The normalized spacial score (nSPS) is 10.8. The lowest BCUT2D eigenvalue weighted by atomic mass is 10.1. The van der Waals surface area contributed by atoms with E-state index in [0.717, 1.165) is 17.7 Å². The van der Waals surface area contributed by atoms with Crippen molar-refractivity contribution in [3.05, 3.63) is 87.5 Å². The summed E-state index contributed by atoms with van der Waals surface area (Å²) in [5.74, 6) is 2.12. The maximum absolute atomic E-state index is 10.7. The number of ether oxygens (including phenoxy) is 3. The SMILES string of the molecule is COc1cc(/C=N\Nc2ccc([N+](=O)[O-])cc2)ccc1OCCCOc1cc(C)cc(C)c1. The topological polar surface area (TPSA) is 95.2 Å². The molecule has 0 aliphatic heterocycles. The standard InChI is InChI=1S/C25H27N3O5/c1-18-13-19(2)15-23(14-18)32-11-4-12-33-24-10-5-20(16-25(24)31-3)17-26-27-21-6-8-22(9-7-21)28(29)30/h5-10,13-17,27H,4,11-12H2,1-3H3/b26-17-. The van der Waals surface area contributed by atoms with E-state index in [0.29, 0.717) is 30.4 Å². The highest BCUT2D eigenvalue weighted by Crippen LogP contribution is 2.28. The summed E-state index contributed by atoms with van der Waals surface area (Å²) in [7, 11) is 1.58. The first kappa shape index (κ1) is 23.6. The molecule has 0 atom stereocenters. The zero-order valence-electron chi connectivity index (χ0n) is 18.9. The average Bonchev–Trinajstić information content (AvgIpc) is 2.79. The Bertz CT molecular complexity index is 1090. The van der Waals surface area contributed by atoms with Gasteiger partial charge >= 0.3 is 0 Å². The van der Waals surface area contributed by atoms with Crippen LogP contribution in [0.1, 0.15) is 23.1 Å². The minimum absolute atomic E-state index is 0.0293. The number of hydrogen-bond donors (Lipinski definition) is 1. The molecule has 33 heavy (non-hydrogen) atoms. The molecule has 0 aromatic heterocycles. The Morgan fingerprint density at radius 3 is 2.30 bits per heavy atom. The number of non-ortho nitro benzene ring substituents is 1. The Morgan fingerprint density at radius 1 is 0.939 bits per heavy atom. The smallest absolute Gasteiger partial charge is 0.269 e. The molecule has 0 unspecified atom stereocenters. The summed E-state index contributed by atoms with van der Waals surface area (Å²) in [4.78, 5) is 10.3. The third-order valence-electron chi connectivity index (χ3n) is 4.68. The van der Waals surface area contributed by atoms with Crippen molar-refractivity contribution in [1.29, 1.82) is 0 Å². The number of anilines is 1. The van der Waals surface area contributed by atoms with Crippen LogP contribution in [0.15, 0.2) is 65.8 Å². The van der Waals surface area contributed by atoms with E-state index in [2.05, 4.69) is 30.4 Å². The molecule has 0 saturated carbocycles. The molecule has 0 radical (unpaired) electrons. The lowest BCUT2D eigenvalue weighted by molar-refractivity contribution is -0.384. The maximum Gasteiger partial charge on any atom is 0.269 e. The van der Waals surface area contributed by atoms with Crippen LogP contribution in [0.4, 0.5) is 11.4 Å². The van der Waals surface area contributed by atoms with Gasteiger partial charge in [0.05, 0.1) is 37.1 Å². The third-order valence-corrected chi connectivity index (χ3v) is 4.68.